The number of rotatable bonds is 5. The van der Waals surface area contributed by atoms with E-state index in [1.54, 1.807) is 24.5 Å². The van der Waals surface area contributed by atoms with E-state index < -0.39 is 0 Å². The summed E-state index contributed by atoms with van der Waals surface area (Å²) in [6, 6.07) is 6.07. The Labute approximate surface area is 155 Å². The van der Waals surface area contributed by atoms with Gasteiger partial charge in [0, 0.05) is 50.8 Å². The van der Waals surface area contributed by atoms with Crippen molar-refractivity contribution in [3.8, 4) is 0 Å². The van der Waals surface area contributed by atoms with E-state index >= 15 is 0 Å². The summed E-state index contributed by atoms with van der Waals surface area (Å²) in [5.74, 6) is 0.818. The Kier molecular flexibility index (Phi) is 5.03. The third-order valence-electron chi connectivity index (χ3n) is 4.50. The number of anilines is 3. The van der Waals surface area contributed by atoms with Crippen LogP contribution in [0.3, 0.4) is 0 Å². The molecule has 1 aliphatic heterocycles. The molecule has 27 heavy (non-hydrogen) atoms. The smallest absolute Gasteiger partial charge is 0.229 e. The molecule has 2 aromatic heterocycles. The second-order valence-corrected chi connectivity index (χ2v) is 6.28. The van der Waals surface area contributed by atoms with Gasteiger partial charge in [-0.15, -0.1) is 0 Å². The Morgan fingerprint density at radius 2 is 1.74 bits per heavy atom. The molecule has 1 aliphatic rings. The van der Waals surface area contributed by atoms with Crippen LogP contribution in [0.1, 0.15) is 0 Å². The molecule has 0 radical (unpaired) electrons. The van der Waals surface area contributed by atoms with Crippen LogP contribution in [0.4, 0.5) is 21.8 Å². The van der Waals surface area contributed by atoms with E-state index in [1.165, 1.54) is 12.1 Å². The molecular weight excluding hydrogens is 349 g/mol. The third kappa shape index (κ3) is 3.93. The highest BCUT2D eigenvalue weighted by Crippen LogP contribution is 2.24. The van der Waals surface area contributed by atoms with Crippen LogP contribution in [0, 0.1) is 5.82 Å². The van der Waals surface area contributed by atoms with Crippen molar-refractivity contribution in [2.24, 2.45) is 0 Å². The Bertz CT molecular complexity index is 913. The van der Waals surface area contributed by atoms with Gasteiger partial charge >= 0.3 is 0 Å². The van der Waals surface area contributed by atoms with E-state index in [0.717, 1.165) is 26.2 Å². The van der Waals surface area contributed by atoms with E-state index in [2.05, 4.69) is 35.1 Å². The minimum atomic E-state index is -0.297. The number of hydrogen-bond acceptors (Lipinski definition) is 8. The van der Waals surface area contributed by atoms with Gasteiger partial charge in [-0.2, -0.15) is 9.97 Å². The van der Waals surface area contributed by atoms with Gasteiger partial charge in [0.2, 0.25) is 5.95 Å². The fraction of sp³-hybridized carbons (Fsp3) is 0.333. The summed E-state index contributed by atoms with van der Waals surface area (Å²) >= 11 is 0. The molecule has 0 spiro atoms. The van der Waals surface area contributed by atoms with Crippen LogP contribution in [-0.4, -0.2) is 69.3 Å². The first-order chi connectivity index (χ1) is 13.2. The number of nitrogens with zero attached hydrogens (tertiary/aromatic N) is 6. The van der Waals surface area contributed by atoms with Gasteiger partial charge in [0.05, 0.1) is 6.61 Å². The van der Waals surface area contributed by atoms with E-state index in [-0.39, 0.29) is 12.4 Å². The van der Waals surface area contributed by atoms with Gasteiger partial charge in [0.1, 0.15) is 5.82 Å². The van der Waals surface area contributed by atoms with Gasteiger partial charge < -0.3 is 15.3 Å². The van der Waals surface area contributed by atoms with E-state index in [1.807, 2.05) is 0 Å². The summed E-state index contributed by atoms with van der Waals surface area (Å²) in [4.78, 5) is 22.2. The second kappa shape index (κ2) is 7.77. The number of aliphatic hydroxyl groups is 1. The first-order valence-corrected chi connectivity index (χ1v) is 8.82. The van der Waals surface area contributed by atoms with Gasteiger partial charge in [-0.25, -0.2) is 14.4 Å². The average Bonchev–Trinajstić information content (AvgIpc) is 2.70. The SMILES string of the molecule is OCCN1CCN(c2nc(Nc3ccc(F)cc3)c3nccnc3n2)CC1. The highest BCUT2D eigenvalue weighted by molar-refractivity contribution is 5.85. The number of β-amino-alcohol motifs (C(OH)–C–C–N with tert-alkyl or cyclic N) is 1. The third-order valence-corrected chi connectivity index (χ3v) is 4.50. The Morgan fingerprint density at radius 3 is 2.48 bits per heavy atom. The monoisotopic (exact) mass is 369 g/mol. The molecule has 1 saturated heterocycles. The van der Waals surface area contributed by atoms with Crippen molar-refractivity contribution in [1.29, 1.82) is 0 Å². The number of halogens is 1. The lowest BCUT2D eigenvalue weighted by Gasteiger charge is -2.34. The predicted molar refractivity (Wildman–Crippen MR) is 101 cm³/mol. The van der Waals surface area contributed by atoms with E-state index in [4.69, 9.17) is 5.11 Å². The lowest BCUT2D eigenvalue weighted by molar-refractivity contribution is 0.188. The van der Waals surface area contributed by atoms with Gasteiger partial charge in [-0.1, -0.05) is 0 Å². The molecule has 0 atom stereocenters. The van der Waals surface area contributed by atoms with Gasteiger partial charge in [-0.3, -0.25) is 4.90 Å². The van der Waals surface area contributed by atoms with Gasteiger partial charge in [0.15, 0.2) is 17.0 Å². The zero-order valence-electron chi connectivity index (χ0n) is 14.7. The number of aliphatic hydroxyl groups excluding tert-OH is 1. The second-order valence-electron chi connectivity index (χ2n) is 6.28. The molecule has 4 rings (SSSR count). The van der Waals surface area contributed by atoms with Crippen molar-refractivity contribution in [1.82, 2.24) is 24.8 Å². The predicted octanol–water partition coefficient (Wildman–Crippen LogP) is 1.42. The standard InChI is InChI=1S/C18H20FN7O/c19-13-1-3-14(4-2-13)22-17-15-16(21-6-5-20-15)23-18(24-17)26-9-7-25(8-10-26)11-12-27/h1-6,27H,7-12H2,(H,21,22,23,24). The quantitative estimate of drug-likeness (QED) is 0.698. The molecule has 140 valence electrons. The molecule has 3 aromatic rings. The molecule has 0 bridgehead atoms. The normalized spacial score (nSPS) is 15.3. The summed E-state index contributed by atoms with van der Waals surface area (Å²) in [6.45, 7) is 4.04. The largest absolute Gasteiger partial charge is 0.395 e. The fourth-order valence-corrected chi connectivity index (χ4v) is 3.06. The van der Waals surface area contributed by atoms with Crippen molar-refractivity contribution < 1.29 is 9.50 Å². The molecule has 8 nitrogen and oxygen atoms in total. The zero-order valence-corrected chi connectivity index (χ0v) is 14.7. The number of nitrogens with one attached hydrogen (secondary N) is 1. The van der Waals surface area contributed by atoms with Crippen molar-refractivity contribution in [3.05, 3.63) is 42.5 Å². The van der Waals surface area contributed by atoms with Crippen LogP contribution in [0.25, 0.3) is 11.2 Å². The van der Waals surface area contributed by atoms with Crippen LogP contribution >= 0.6 is 0 Å². The minimum Gasteiger partial charge on any atom is -0.395 e. The topological polar surface area (TPSA) is 90.3 Å². The number of aromatic nitrogens is 4. The van der Waals surface area contributed by atoms with Crippen molar-refractivity contribution in [2.75, 3.05) is 49.5 Å². The van der Waals surface area contributed by atoms with Crippen molar-refractivity contribution in [3.63, 3.8) is 0 Å². The highest BCUT2D eigenvalue weighted by Gasteiger charge is 2.20. The summed E-state index contributed by atoms with van der Waals surface area (Å²) in [5.41, 5.74) is 1.77. The lowest BCUT2D eigenvalue weighted by Crippen LogP contribution is -2.47. The van der Waals surface area contributed by atoms with Crippen LogP contribution in [0.2, 0.25) is 0 Å². The van der Waals surface area contributed by atoms with Crippen molar-refractivity contribution in [2.45, 2.75) is 0 Å². The maximum absolute atomic E-state index is 13.2. The van der Waals surface area contributed by atoms with Gasteiger partial charge in [-0.05, 0) is 24.3 Å². The molecule has 0 aliphatic carbocycles. The summed E-state index contributed by atoms with van der Waals surface area (Å²) in [5, 5.41) is 12.3. The van der Waals surface area contributed by atoms with Crippen LogP contribution in [0.15, 0.2) is 36.7 Å². The molecule has 1 fully saturated rings. The zero-order chi connectivity index (χ0) is 18.6. The summed E-state index contributed by atoms with van der Waals surface area (Å²) in [6.07, 6.45) is 3.19. The Balaban J connectivity index is 1.63. The highest BCUT2D eigenvalue weighted by atomic mass is 19.1. The molecule has 9 heteroatoms. The summed E-state index contributed by atoms with van der Waals surface area (Å²) < 4.78 is 13.2. The molecule has 3 heterocycles. The Hall–Kier alpha value is -2.91. The Morgan fingerprint density at radius 1 is 1.00 bits per heavy atom. The first-order valence-electron chi connectivity index (χ1n) is 8.82. The molecular formula is C18H20FN7O. The maximum Gasteiger partial charge on any atom is 0.229 e. The van der Waals surface area contributed by atoms with Crippen molar-refractivity contribution >= 4 is 28.6 Å². The lowest BCUT2D eigenvalue weighted by atomic mass is 10.3. The fourth-order valence-electron chi connectivity index (χ4n) is 3.06. The minimum absolute atomic E-state index is 0.161. The number of fused-ring (bicyclic) bond motifs is 1. The average molecular weight is 369 g/mol. The molecule has 2 N–H and O–H groups in total. The molecule has 0 unspecified atom stereocenters. The van der Waals surface area contributed by atoms with E-state index in [9.17, 15) is 4.39 Å². The van der Waals surface area contributed by atoms with Crippen LogP contribution in [-0.2, 0) is 0 Å². The first kappa shape index (κ1) is 17.5. The number of hydrogen-bond donors (Lipinski definition) is 2. The molecule has 0 saturated carbocycles. The van der Waals surface area contributed by atoms with Crippen LogP contribution < -0.4 is 10.2 Å². The molecule has 0 amide bonds. The van der Waals surface area contributed by atoms with Gasteiger partial charge in [0.25, 0.3) is 0 Å². The number of benzene rings is 1. The number of piperazine rings is 1. The molecule has 1 aromatic carbocycles. The maximum atomic E-state index is 13.2. The summed E-state index contributed by atoms with van der Waals surface area (Å²) in [7, 11) is 0. The van der Waals surface area contributed by atoms with E-state index in [0.29, 0.717) is 35.2 Å². The van der Waals surface area contributed by atoms with Crippen LogP contribution in [0.5, 0.6) is 0 Å².